The van der Waals surface area contributed by atoms with Crippen LogP contribution in [-0.2, 0) is 10.3 Å². The molecule has 0 aromatic carbocycles. The van der Waals surface area contributed by atoms with E-state index in [1.807, 2.05) is 6.92 Å². The molecule has 0 aliphatic carbocycles. The number of nitrogens with one attached hydrogen (secondary N) is 1. The lowest BCUT2D eigenvalue weighted by molar-refractivity contribution is -0.0466. The number of amides is 1. The number of rotatable bonds is 4. The Morgan fingerprint density at radius 2 is 2.28 bits per heavy atom. The van der Waals surface area contributed by atoms with Crippen molar-refractivity contribution in [2.24, 2.45) is 16.6 Å². The van der Waals surface area contributed by atoms with Crippen molar-refractivity contribution in [3.8, 4) is 0 Å². The van der Waals surface area contributed by atoms with E-state index in [-0.39, 0.29) is 23.3 Å². The van der Waals surface area contributed by atoms with Gasteiger partial charge in [0, 0.05) is 28.8 Å². The van der Waals surface area contributed by atoms with Crippen LogP contribution in [0.5, 0.6) is 0 Å². The van der Waals surface area contributed by atoms with Gasteiger partial charge >= 0.3 is 0 Å². The molecule has 0 radical (unpaired) electrons. The first-order valence-corrected chi connectivity index (χ1v) is 10.8. The van der Waals surface area contributed by atoms with Gasteiger partial charge in [-0.25, -0.2) is 18.8 Å². The van der Waals surface area contributed by atoms with Gasteiger partial charge in [-0.15, -0.1) is 11.3 Å². The zero-order valence-electron chi connectivity index (χ0n) is 15.5. The number of aromatic nitrogens is 2. The van der Waals surface area contributed by atoms with Crippen LogP contribution in [0, 0.1) is 5.92 Å². The first kappa shape index (κ1) is 20.2. The summed E-state index contributed by atoms with van der Waals surface area (Å²) in [7, 11) is 0. The summed E-state index contributed by atoms with van der Waals surface area (Å²) in [5.74, 6) is 0.910. The Hall–Kier alpha value is -2.11. The molecule has 7 nitrogen and oxygen atoms in total. The number of aliphatic imine (C=N–C) groups is 1. The molecule has 2 aliphatic heterocycles. The van der Waals surface area contributed by atoms with Crippen molar-refractivity contribution in [3.63, 3.8) is 0 Å². The molecular weight excluding hydrogens is 420 g/mol. The Labute approximate surface area is 174 Å². The number of thiazole rings is 1. The van der Waals surface area contributed by atoms with Crippen molar-refractivity contribution < 1.29 is 18.3 Å². The van der Waals surface area contributed by atoms with Crippen molar-refractivity contribution in [1.29, 1.82) is 0 Å². The molecule has 4 rings (SSSR count). The molecule has 1 fully saturated rings. The second kappa shape index (κ2) is 7.96. The number of nitrogens with two attached hydrogens (primary N) is 1. The van der Waals surface area contributed by atoms with E-state index < -0.39 is 17.9 Å². The first-order chi connectivity index (χ1) is 13.9. The quantitative estimate of drug-likeness (QED) is 0.757. The number of fused-ring (bicyclic) bond motifs is 1. The number of carbonyl (C=O) groups is 1. The summed E-state index contributed by atoms with van der Waals surface area (Å²) >= 11 is 2.92. The van der Waals surface area contributed by atoms with Crippen molar-refractivity contribution >= 4 is 40.0 Å². The van der Waals surface area contributed by atoms with E-state index in [0.29, 0.717) is 17.6 Å². The molecule has 1 amide bonds. The van der Waals surface area contributed by atoms with E-state index >= 15 is 0 Å². The summed E-state index contributed by atoms with van der Waals surface area (Å²) in [5.41, 5.74) is 5.15. The maximum absolute atomic E-state index is 12.6. The summed E-state index contributed by atoms with van der Waals surface area (Å²) in [6.45, 7) is 2.42. The highest BCUT2D eigenvalue weighted by molar-refractivity contribution is 8.13. The number of carbonyl (C=O) groups excluding carboxylic acids is 1. The van der Waals surface area contributed by atoms with E-state index in [4.69, 9.17) is 15.5 Å². The fraction of sp³-hybridized carbons (Fsp3) is 0.444. The summed E-state index contributed by atoms with van der Waals surface area (Å²) in [6, 6.07) is 2.44. The van der Waals surface area contributed by atoms with Gasteiger partial charge in [-0.05, 0) is 25.5 Å². The molecule has 4 heterocycles. The van der Waals surface area contributed by atoms with Crippen LogP contribution in [0.25, 0.3) is 0 Å². The number of hydrogen-bond donors (Lipinski definition) is 2. The van der Waals surface area contributed by atoms with Gasteiger partial charge in [-0.2, -0.15) is 0 Å². The van der Waals surface area contributed by atoms with Crippen molar-refractivity contribution in [2.45, 2.75) is 31.4 Å². The second-order valence-corrected chi connectivity index (χ2v) is 8.91. The maximum atomic E-state index is 12.6. The molecule has 0 saturated carbocycles. The SMILES string of the molecule is CC1CC2CSC(N)=NC2(c2nc(NC(=O)c3ccc(C(F)F)cn3)cs2)CO1. The summed E-state index contributed by atoms with van der Waals surface area (Å²) in [4.78, 5) is 25.5. The molecule has 3 atom stereocenters. The highest BCUT2D eigenvalue weighted by Gasteiger charge is 2.49. The van der Waals surface area contributed by atoms with Crippen molar-refractivity contribution in [1.82, 2.24) is 9.97 Å². The van der Waals surface area contributed by atoms with Crippen LogP contribution >= 0.6 is 23.1 Å². The molecule has 29 heavy (non-hydrogen) atoms. The number of pyridine rings is 1. The fourth-order valence-electron chi connectivity index (χ4n) is 3.46. The number of nitrogens with zero attached hydrogens (tertiary/aromatic N) is 3. The van der Waals surface area contributed by atoms with Crippen LogP contribution in [0.4, 0.5) is 14.6 Å². The minimum atomic E-state index is -2.63. The molecule has 0 spiro atoms. The number of anilines is 1. The Bertz CT molecular complexity index is 937. The second-order valence-electron chi connectivity index (χ2n) is 7.01. The Morgan fingerprint density at radius 3 is 3.00 bits per heavy atom. The van der Waals surface area contributed by atoms with Crippen LogP contribution < -0.4 is 11.1 Å². The van der Waals surface area contributed by atoms with E-state index in [9.17, 15) is 13.6 Å². The summed E-state index contributed by atoms with van der Waals surface area (Å²) in [5, 5.41) is 5.62. The molecule has 154 valence electrons. The third-order valence-corrected chi connectivity index (χ3v) is 6.97. The van der Waals surface area contributed by atoms with Crippen LogP contribution in [0.3, 0.4) is 0 Å². The highest BCUT2D eigenvalue weighted by Crippen LogP contribution is 2.47. The van der Waals surface area contributed by atoms with Crippen molar-refractivity contribution in [3.05, 3.63) is 40.0 Å². The topological polar surface area (TPSA) is 102 Å². The monoisotopic (exact) mass is 439 g/mol. The molecule has 2 aliphatic rings. The van der Waals surface area contributed by atoms with Crippen LogP contribution in [0.2, 0.25) is 0 Å². The fourth-order valence-corrected chi connectivity index (χ4v) is 5.43. The number of ether oxygens (including phenoxy) is 1. The largest absolute Gasteiger partial charge is 0.379 e. The minimum Gasteiger partial charge on any atom is -0.379 e. The third-order valence-electron chi connectivity index (χ3n) is 5.01. The molecular formula is C18H19F2N5O2S2. The molecule has 11 heteroatoms. The zero-order chi connectivity index (χ0) is 20.6. The van der Waals surface area contributed by atoms with E-state index in [0.717, 1.165) is 23.4 Å². The lowest BCUT2D eigenvalue weighted by Crippen LogP contribution is -2.49. The first-order valence-electron chi connectivity index (χ1n) is 8.98. The maximum Gasteiger partial charge on any atom is 0.275 e. The Morgan fingerprint density at radius 1 is 1.45 bits per heavy atom. The lowest BCUT2D eigenvalue weighted by atomic mass is 9.80. The highest BCUT2D eigenvalue weighted by atomic mass is 32.2. The van der Waals surface area contributed by atoms with Crippen LogP contribution in [-0.4, -0.2) is 39.5 Å². The molecule has 3 unspecified atom stereocenters. The number of halogens is 2. The Kier molecular flexibility index (Phi) is 5.54. The van der Waals surface area contributed by atoms with E-state index in [1.165, 1.54) is 35.2 Å². The minimum absolute atomic E-state index is 0.0335. The zero-order valence-corrected chi connectivity index (χ0v) is 17.1. The Balaban J connectivity index is 1.54. The third kappa shape index (κ3) is 3.99. The van der Waals surface area contributed by atoms with Gasteiger partial charge in [0.05, 0.1) is 12.7 Å². The summed E-state index contributed by atoms with van der Waals surface area (Å²) in [6.07, 6.45) is -0.640. The van der Waals surface area contributed by atoms with Gasteiger partial charge in [-0.1, -0.05) is 11.8 Å². The van der Waals surface area contributed by atoms with E-state index in [1.54, 1.807) is 5.38 Å². The van der Waals surface area contributed by atoms with Crippen LogP contribution in [0.15, 0.2) is 28.7 Å². The number of hydrogen-bond acceptors (Lipinski definition) is 8. The predicted molar refractivity (Wildman–Crippen MR) is 109 cm³/mol. The van der Waals surface area contributed by atoms with Crippen LogP contribution in [0.1, 0.15) is 40.8 Å². The van der Waals surface area contributed by atoms with E-state index in [2.05, 4.69) is 15.3 Å². The standard InChI is InChI=1S/C18H19F2N5O2S2/c1-9-4-11-6-29-17(21)25-18(11,8-27-9)16-24-13(7-28-16)23-15(26)12-3-2-10(5-22-12)14(19)20/h2-3,5,7,9,11,14H,4,6,8H2,1H3,(H2,21,25)(H,23,26). The molecule has 0 bridgehead atoms. The van der Waals surface area contributed by atoms with Gasteiger partial charge in [0.2, 0.25) is 0 Å². The van der Waals surface area contributed by atoms with Gasteiger partial charge in [0.25, 0.3) is 12.3 Å². The summed E-state index contributed by atoms with van der Waals surface area (Å²) < 4.78 is 31.1. The average Bonchev–Trinajstić information content (AvgIpc) is 3.17. The van der Waals surface area contributed by atoms with Crippen molar-refractivity contribution in [2.75, 3.05) is 17.7 Å². The smallest absolute Gasteiger partial charge is 0.275 e. The normalized spacial score (nSPS) is 26.7. The average molecular weight is 440 g/mol. The van der Waals surface area contributed by atoms with Gasteiger partial charge < -0.3 is 15.8 Å². The molecule has 2 aromatic heterocycles. The number of thioether (sulfide) groups is 1. The van der Waals surface area contributed by atoms with Gasteiger partial charge in [0.15, 0.2) is 5.17 Å². The predicted octanol–water partition coefficient (Wildman–Crippen LogP) is 3.41. The number of alkyl halides is 2. The van der Waals surface area contributed by atoms with Gasteiger partial charge in [0.1, 0.15) is 22.1 Å². The number of amidine groups is 1. The molecule has 1 saturated heterocycles. The lowest BCUT2D eigenvalue weighted by Gasteiger charge is -2.44. The van der Waals surface area contributed by atoms with Gasteiger partial charge in [-0.3, -0.25) is 9.78 Å². The molecule has 3 N–H and O–H groups in total. The molecule has 2 aromatic rings.